The van der Waals surface area contributed by atoms with Gasteiger partial charge in [-0.1, -0.05) is 50.6 Å². The van der Waals surface area contributed by atoms with E-state index in [0.717, 1.165) is 37.2 Å². The fraction of sp³-hybridized carbons (Fsp3) is 0.607. The minimum Gasteiger partial charge on any atom is -0.496 e. The highest BCUT2D eigenvalue weighted by Crippen LogP contribution is 2.37. The van der Waals surface area contributed by atoms with Gasteiger partial charge in [0.25, 0.3) is 0 Å². The Morgan fingerprint density at radius 2 is 1.66 bits per heavy atom. The van der Waals surface area contributed by atoms with Crippen molar-refractivity contribution in [2.75, 3.05) is 26.7 Å². The van der Waals surface area contributed by atoms with Crippen LogP contribution in [0.4, 0.5) is 0 Å². The van der Waals surface area contributed by atoms with Gasteiger partial charge in [0.15, 0.2) is 0 Å². The minimum absolute atomic E-state index is 0.0353. The van der Waals surface area contributed by atoms with Crippen LogP contribution < -0.4 is 10.1 Å². The van der Waals surface area contributed by atoms with Crippen LogP contribution in [0.3, 0.4) is 0 Å². The lowest BCUT2D eigenvalue weighted by Gasteiger charge is -2.36. The molecule has 0 unspecified atom stereocenters. The van der Waals surface area contributed by atoms with Gasteiger partial charge in [-0.25, -0.2) is 0 Å². The van der Waals surface area contributed by atoms with E-state index in [1.54, 1.807) is 7.11 Å². The van der Waals surface area contributed by atoms with Crippen LogP contribution in [0.1, 0.15) is 64.0 Å². The normalized spacial score (nSPS) is 24.4. The number of hydrogen-bond acceptors (Lipinski definition) is 5. The zero-order valence-electron chi connectivity index (χ0n) is 21.2. The molecule has 2 saturated heterocycles. The summed E-state index contributed by atoms with van der Waals surface area (Å²) in [6, 6.07) is 7.14. The Labute approximate surface area is 208 Å². The molecule has 0 bridgehead atoms. The second-order valence-corrected chi connectivity index (χ2v) is 10.4. The van der Waals surface area contributed by atoms with E-state index in [0.29, 0.717) is 25.8 Å². The van der Waals surface area contributed by atoms with Crippen molar-refractivity contribution in [3.05, 3.63) is 42.0 Å². The molecule has 0 aromatic heterocycles. The molecule has 190 valence electrons. The number of para-hydroxylation sites is 1. The van der Waals surface area contributed by atoms with E-state index in [9.17, 15) is 14.4 Å². The van der Waals surface area contributed by atoms with Crippen molar-refractivity contribution in [2.45, 2.75) is 64.5 Å². The van der Waals surface area contributed by atoms with E-state index in [2.05, 4.69) is 16.3 Å². The maximum absolute atomic E-state index is 13.6. The van der Waals surface area contributed by atoms with Crippen LogP contribution in [0.15, 0.2) is 36.4 Å². The third kappa shape index (κ3) is 5.45. The van der Waals surface area contributed by atoms with Crippen LogP contribution in [0.2, 0.25) is 0 Å². The topological polar surface area (TPSA) is 79.0 Å². The van der Waals surface area contributed by atoms with Crippen LogP contribution in [0.25, 0.3) is 0 Å². The quantitative estimate of drug-likeness (QED) is 0.430. The summed E-state index contributed by atoms with van der Waals surface area (Å²) >= 11 is 0. The monoisotopic (exact) mass is 481 g/mol. The number of imide groups is 1. The first-order valence-electron chi connectivity index (χ1n) is 13.1. The number of ether oxygens (including phenoxy) is 1. The first kappa shape index (κ1) is 25.4. The van der Waals surface area contributed by atoms with E-state index in [4.69, 9.17) is 4.74 Å². The fourth-order valence-corrected chi connectivity index (χ4v) is 5.83. The number of piperidine rings is 1. The summed E-state index contributed by atoms with van der Waals surface area (Å²) in [5.74, 6) is -0.320. The smallest absolute Gasteiger partial charge is 0.243 e. The number of benzene rings is 1. The predicted molar refractivity (Wildman–Crippen MR) is 135 cm³/mol. The third-order valence-corrected chi connectivity index (χ3v) is 7.65. The van der Waals surface area contributed by atoms with Crippen LogP contribution >= 0.6 is 0 Å². The van der Waals surface area contributed by atoms with Crippen LogP contribution in [-0.4, -0.2) is 60.3 Å². The minimum atomic E-state index is -0.778. The van der Waals surface area contributed by atoms with Crippen molar-refractivity contribution >= 4 is 17.7 Å². The average Bonchev–Trinajstić information content (AvgIpc) is 3.13. The summed E-state index contributed by atoms with van der Waals surface area (Å²) in [5.41, 5.74) is 1.04. The molecule has 3 amide bonds. The zero-order chi connectivity index (χ0) is 24.9. The Hall–Kier alpha value is -2.67. The summed E-state index contributed by atoms with van der Waals surface area (Å²) in [6.07, 6.45) is 9.03. The summed E-state index contributed by atoms with van der Waals surface area (Å²) in [4.78, 5) is 43.8. The molecule has 4 rings (SSSR count). The maximum atomic E-state index is 13.6. The number of likely N-dealkylation sites (tertiary alicyclic amines) is 2. The average molecular weight is 482 g/mol. The molecule has 0 radical (unpaired) electrons. The van der Waals surface area contributed by atoms with Crippen molar-refractivity contribution in [1.29, 1.82) is 0 Å². The lowest BCUT2D eigenvalue weighted by molar-refractivity contribution is -0.148. The highest BCUT2D eigenvalue weighted by molar-refractivity contribution is 6.08. The van der Waals surface area contributed by atoms with Gasteiger partial charge >= 0.3 is 0 Å². The Kier molecular flexibility index (Phi) is 8.26. The molecular formula is C28H39N3O4. The van der Waals surface area contributed by atoms with Gasteiger partial charge in [-0.2, -0.15) is 0 Å². The fourth-order valence-electron chi connectivity index (χ4n) is 5.83. The van der Waals surface area contributed by atoms with Gasteiger partial charge in [0, 0.05) is 12.1 Å². The molecule has 7 heteroatoms. The number of fused-ring (bicyclic) bond motifs is 1. The van der Waals surface area contributed by atoms with Crippen molar-refractivity contribution in [1.82, 2.24) is 15.1 Å². The first-order chi connectivity index (χ1) is 16.9. The molecule has 35 heavy (non-hydrogen) atoms. The maximum Gasteiger partial charge on any atom is 0.243 e. The second kappa shape index (κ2) is 11.4. The van der Waals surface area contributed by atoms with E-state index >= 15 is 0 Å². The number of hydrogen-bond donors (Lipinski definition) is 1. The molecule has 4 atom stereocenters. The van der Waals surface area contributed by atoms with Gasteiger partial charge in [0.1, 0.15) is 11.8 Å². The number of carbonyl (C=O) groups excluding carboxylic acids is 3. The lowest BCUT2D eigenvalue weighted by atomic mass is 9.85. The number of nitrogens with one attached hydrogen (secondary N) is 1. The van der Waals surface area contributed by atoms with Gasteiger partial charge in [0.2, 0.25) is 17.7 Å². The van der Waals surface area contributed by atoms with Gasteiger partial charge in [-0.3, -0.25) is 24.2 Å². The Morgan fingerprint density at radius 3 is 2.26 bits per heavy atom. The number of allylic oxidation sites excluding steroid dienone is 2. The third-order valence-electron chi connectivity index (χ3n) is 7.65. The molecule has 0 spiro atoms. The standard InChI is InChI=1S/C28H39N3O4/c1-19(2)17-23(31-27(33)20-11-5-6-12-21(20)28(31)34)26(32)29-18-24(30-15-9-4-10-16-30)22-13-7-8-14-25(22)35-3/h5-8,13-14,19-21,23-24H,4,9-12,15-18H2,1-3H3,(H,29,32)/t20-,21-,23-,24-/m0/s1. The Bertz CT molecular complexity index is 927. The Balaban J connectivity index is 1.54. The number of rotatable bonds is 9. The molecule has 2 fully saturated rings. The summed E-state index contributed by atoms with van der Waals surface area (Å²) in [5, 5.41) is 3.14. The molecule has 1 aromatic rings. The molecule has 3 aliphatic rings. The highest BCUT2D eigenvalue weighted by atomic mass is 16.5. The van der Waals surface area contributed by atoms with Crippen LogP contribution in [0.5, 0.6) is 5.75 Å². The molecule has 2 aliphatic heterocycles. The van der Waals surface area contributed by atoms with Crippen molar-refractivity contribution in [3.8, 4) is 5.75 Å². The predicted octanol–water partition coefficient (Wildman–Crippen LogP) is 3.70. The van der Waals surface area contributed by atoms with Crippen LogP contribution in [0, 0.1) is 17.8 Å². The molecule has 2 heterocycles. The number of carbonyl (C=O) groups is 3. The largest absolute Gasteiger partial charge is 0.496 e. The molecule has 1 aromatic carbocycles. The van der Waals surface area contributed by atoms with E-state index in [1.807, 2.05) is 44.2 Å². The molecule has 0 saturated carbocycles. The molecule has 1 aliphatic carbocycles. The number of nitrogens with zero attached hydrogens (tertiary/aromatic N) is 2. The Morgan fingerprint density at radius 1 is 1.03 bits per heavy atom. The van der Waals surface area contributed by atoms with Crippen molar-refractivity contribution in [2.24, 2.45) is 17.8 Å². The van der Waals surface area contributed by atoms with Crippen molar-refractivity contribution in [3.63, 3.8) is 0 Å². The SMILES string of the molecule is COc1ccccc1[C@H](CNC(=O)[C@H](CC(C)C)N1C(=O)[C@H]2CC=CC[C@@H]2C1=O)N1CCCCC1. The molecule has 1 N–H and O–H groups in total. The zero-order valence-corrected chi connectivity index (χ0v) is 21.2. The molecule has 7 nitrogen and oxygen atoms in total. The molecular weight excluding hydrogens is 442 g/mol. The van der Waals surface area contributed by atoms with E-state index in [1.165, 1.54) is 11.3 Å². The van der Waals surface area contributed by atoms with Crippen LogP contribution in [-0.2, 0) is 14.4 Å². The van der Waals surface area contributed by atoms with E-state index in [-0.39, 0.29) is 41.5 Å². The van der Waals surface area contributed by atoms with Crippen molar-refractivity contribution < 1.29 is 19.1 Å². The van der Waals surface area contributed by atoms with Gasteiger partial charge in [0.05, 0.1) is 25.0 Å². The van der Waals surface area contributed by atoms with Gasteiger partial charge in [-0.15, -0.1) is 0 Å². The number of methoxy groups -OCH3 is 1. The van der Waals surface area contributed by atoms with E-state index < -0.39 is 6.04 Å². The second-order valence-electron chi connectivity index (χ2n) is 10.4. The highest BCUT2D eigenvalue weighted by Gasteiger charge is 2.51. The van der Waals surface area contributed by atoms with Gasteiger partial charge in [-0.05, 0) is 57.2 Å². The lowest BCUT2D eigenvalue weighted by Crippen LogP contribution is -2.52. The first-order valence-corrected chi connectivity index (χ1v) is 13.1. The summed E-state index contributed by atoms with van der Waals surface area (Å²) in [6.45, 7) is 6.37. The summed E-state index contributed by atoms with van der Waals surface area (Å²) < 4.78 is 5.64. The van der Waals surface area contributed by atoms with Gasteiger partial charge < -0.3 is 10.1 Å². The number of amides is 3. The summed E-state index contributed by atoms with van der Waals surface area (Å²) in [7, 11) is 1.67.